The minimum atomic E-state index is -0.917. The number of hydrogen-bond donors (Lipinski definition) is 1. The second kappa shape index (κ2) is 10.3. The first-order valence-electron chi connectivity index (χ1n) is 12.7. The van der Waals surface area contributed by atoms with E-state index in [2.05, 4.69) is 11.2 Å². The number of nitrogens with two attached hydrogens (primary N) is 1. The van der Waals surface area contributed by atoms with Gasteiger partial charge in [0, 0.05) is 34.1 Å². The van der Waals surface area contributed by atoms with Crippen molar-refractivity contribution in [3.8, 4) is 21.7 Å². The molecule has 2 N–H and O–H groups in total. The molecular formula is C30H31ClN4O3S. The summed E-state index contributed by atoms with van der Waals surface area (Å²) in [5.41, 5.74) is 11.7. The quantitative estimate of drug-likeness (QED) is 0.216. The van der Waals surface area contributed by atoms with Gasteiger partial charge in [-0.15, -0.1) is 11.3 Å². The molecule has 0 aliphatic rings. The summed E-state index contributed by atoms with van der Waals surface area (Å²) in [6.45, 7) is 9.83. The molecule has 202 valence electrons. The summed E-state index contributed by atoms with van der Waals surface area (Å²) < 4.78 is 14.6. The minimum Gasteiger partial charge on any atom is -0.464 e. The van der Waals surface area contributed by atoms with Gasteiger partial charge in [-0.05, 0) is 76.1 Å². The molecule has 7 nitrogen and oxygen atoms in total. The lowest BCUT2D eigenvalue weighted by Crippen LogP contribution is -2.29. The highest BCUT2D eigenvalue weighted by molar-refractivity contribution is 7.22. The molecule has 0 unspecified atom stereocenters. The Balaban J connectivity index is 1.78. The topological polar surface area (TPSA) is 92.3 Å². The molecule has 0 aliphatic carbocycles. The number of carbonyl (C=O) groups excluding carboxylic acids is 1. The van der Waals surface area contributed by atoms with Crippen molar-refractivity contribution in [2.24, 2.45) is 7.05 Å². The molecule has 0 aliphatic heterocycles. The molecule has 5 rings (SSSR count). The Morgan fingerprint density at radius 3 is 2.49 bits per heavy atom. The van der Waals surface area contributed by atoms with Crippen LogP contribution in [0.2, 0.25) is 5.02 Å². The summed E-state index contributed by atoms with van der Waals surface area (Å²) in [5, 5.41) is 6.72. The number of ether oxygens (including phenoxy) is 2. The van der Waals surface area contributed by atoms with E-state index in [4.69, 9.17) is 31.8 Å². The molecule has 0 fully saturated rings. The molecule has 9 heteroatoms. The number of fused-ring (bicyclic) bond motifs is 2. The second-order valence-corrected chi connectivity index (χ2v) is 11.9. The predicted molar refractivity (Wildman–Crippen MR) is 159 cm³/mol. The van der Waals surface area contributed by atoms with Gasteiger partial charge in [0.2, 0.25) is 0 Å². The van der Waals surface area contributed by atoms with Crippen LogP contribution in [-0.4, -0.2) is 32.9 Å². The number of thiazole rings is 1. The van der Waals surface area contributed by atoms with E-state index in [1.807, 2.05) is 77.2 Å². The lowest BCUT2D eigenvalue weighted by Gasteiger charge is -2.29. The highest BCUT2D eigenvalue weighted by Gasteiger charge is 2.33. The number of nitrogen functional groups attached to an aromatic ring is 1. The predicted octanol–water partition coefficient (Wildman–Crippen LogP) is 7.48. The van der Waals surface area contributed by atoms with Crippen LogP contribution in [0, 0.1) is 6.92 Å². The standard InChI is InChI=1S/C30H31ClN4O3S/c1-7-37-29(36)25(38-30(3,4)5)23-16(2)14-21-26(24(23)17-8-11-19(31)12-9-17)39-28(33-21)18-10-13-20-22(15-18)35(6)34-27(20)32/h8-15,25H,7H2,1-6H3,(H2,32,34)/t25-/m0/s1. The number of rotatable bonds is 6. The van der Waals surface area contributed by atoms with Crippen molar-refractivity contribution in [3.63, 3.8) is 0 Å². The average Bonchev–Trinajstić information content (AvgIpc) is 3.42. The Hall–Kier alpha value is -3.46. The second-order valence-electron chi connectivity index (χ2n) is 10.5. The van der Waals surface area contributed by atoms with Crippen molar-refractivity contribution in [2.45, 2.75) is 46.3 Å². The van der Waals surface area contributed by atoms with Gasteiger partial charge in [0.05, 0.1) is 27.9 Å². The van der Waals surface area contributed by atoms with Gasteiger partial charge in [0.1, 0.15) is 5.01 Å². The largest absolute Gasteiger partial charge is 0.464 e. The van der Waals surface area contributed by atoms with E-state index >= 15 is 0 Å². The number of aromatic nitrogens is 3. The van der Waals surface area contributed by atoms with Gasteiger partial charge in [0.15, 0.2) is 11.9 Å². The number of aryl methyl sites for hydroxylation is 2. The van der Waals surface area contributed by atoms with E-state index < -0.39 is 17.7 Å². The molecule has 0 bridgehead atoms. The minimum absolute atomic E-state index is 0.256. The molecule has 3 aromatic carbocycles. The fourth-order valence-corrected chi connectivity index (χ4v) is 6.04. The lowest BCUT2D eigenvalue weighted by molar-refractivity contribution is -0.166. The number of benzene rings is 3. The highest BCUT2D eigenvalue weighted by atomic mass is 35.5. The average molecular weight is 563 g/mol. The zero-order valence-electron chi connectivity index (χ0n) is 22.8. The summed E-state index contributed by atoms with van der Waals surface area (Å²) >= 11 is 7.82. The van der Waals surface area contributed by atoms with Crippen LogP contribution < -0.4 is 5.73 Å². The Morgan fingerprint density at radius 2 is 1.82 bits per heavy atom. The van der Waals surface area contributed by atoms with Gasteiger partial charge in [-0.2, -0.15) is 5.10 Å². The maximum atomic E-state index is 13.3. The van der Waals surface area contributed by atoms with Crippen molar-refractivity contribution in [3.05, 3.63) is 64.7 Å². The number of nitrogens with zero attached hydrogens (tertiary/aromatic N) is 3. The van der Waals surface area contributed by atoms with E-state index in [1.54, 1.807) is 22.9 Å². The maximum Gasteiger partial charge on any atom is 0.339 e. The molecule has 0 saturated heterocycles. The summed E-state index contributed by atoms with van der Waals surface area (Å²) in [5.74, 6) is 0.0755. The third-order valence-electron chi connectivity index (χ3n) is 6.42. The monoisotopic (exact) mass is 562 g/mol. The van der Waals surface area contributed by atoms with E-state index in [0.717, 1.165) is 53.9 Å². The summed E-state index contributed by atoms with van der Waals surface area (Å²) in [6, 6.07) is 15.7. The Morgan fingerprint density at radius 1 is 1.13 bits per heavy atom. The summed E-state index contributed by atoms with van der Waals surface area (Å²) in [7, 11) is 1.87. The third kappa shape index (κ3) is 5.24. The zero-order chi connectivity index (χ0) is 28.1. The van der Waals surface area contributed by atoms with Crippen molar-refractivity contribution in [1.82, 2.24) is 14.8 Å². The van der Waals surface area contributed by atoms with Gasteiger partial charge in [-0.1, -0.05) is 29.8 Å². The molecular weight excluding hydrogens is 532 g/mol. The van der Waals surface area contributed by atoms with Gasteiger partial charge >= 0.3 is 5.97 Å². The van der Waals surface area contributed by atoms with Crippen LogP contribution in [0.5, 0.6) is 0 Å². The number of carbonyl (C=O) groups is 1. The van der Waals surface area contributed by atoms with Gasteiger partial charge in [-0.25, -0.2) is 9.78 Å². The van der Waals surface area contributed by atoms with Crippen molar-refractivity contribution >= 4 is 55.8 Å². The molecule has 0 radical (unpaired) electrons. The number of hydrogen-bond acceptors (Lipinski definition) is 7. The molecule has 0 saturated carbocycles. The van der Waals surface area contributed by atoms with E-state index in [0.29, 0.717) is 10.8 Å². The van der Waals surface area contributed by atoms with Crippen LogP contribution in [0.15, 0.2) is 48.5 Å². The van der Waals surface area contributed by atoms with Gasteiger partial charge in [0.25, 0.3) is 0 Å². The number of esters is 1. The van der Waals surface area contributed by atoms with E-state index in [1.165, 1.54) is 0 Å². The Labute approximate surface area is 236 Å². The smallest absolute Gasteiger partial charge is 0.339 e. The van der Waals surface area contributed by atoms with Crippen LogP contribution in [0.1, 0.15) is 44.9 Å². The van der Waals surface area contributed by atoms with Crippen molar-refractivity contribution in [2.75, 3.05) is 12.3 Å². The molecule has 1 atom stereocenters. The molecule has 2 heterocycles. The summed E-state index contributed by atoms with van der Waals surface area (Å²) in [4.78, 5) is 18.4. The Bertz CT molecular complexity index is 1700. The fourth-order valence-electron chi connectivity index (χ4n) is 4.79. The normalized spacial score (nSPS) is 12.8. The number of anilines is 1. The highest BCUT2D eigenvalue weighted by Crippen LogP contribution is 2.45. The van der Waals surface area contributed by atoms with Crippen LogP contribution in [0.3, 0.4) is 0 Å². The maximum absolute atomic E-state index is 13.3. The van der Waals surface area contributed by atoms with Crippen LogP contribution in [0.25, 0.3) is 42.8 Å². The molecule has 2 aromatic heterocycles. The van der Waals surface area contributed by atoms with Crippen molar-refractivity contribution in [1.29, 1.82) is 0 Å². The van der Waals surface area contributed by atoms with E-state index in [-0.39, 0.29) is 6.61 Å². The van der Waals surface area contributed by atoms with Crippen LogP contribution >= 0.6 is 22.9 Å². The van der Waals surface area contributed by atoms with Crippen molar-refractivity contribution < 1.29 is 14.3 Å². The van der Waals surface area contributed by atoms with Crippen LogP contribution in [-0.2, 0) is 21.3 Å². The first-order chi connectivity index (χ1) is 18.5. The van der Waals surface area contributed by atoms with Gasteiger partial charge < -0.3 is 15.2 Å². The third-order valence-corrected chi connectivity index (χ3v) is 7.81. The molecule has 39 heavy (non-hydrogen) atoms. The fraction of sp³-hybridized carbons (Fsp3) is 0.300. The molecule has 0 spiro atoms. The SMILES string of the molecule is CCOC(=O)[C@@H](OC(C)(C)C)c1c(C)cc2nc(-c3ccc4c(N)nn(C)c4c3)sc2c1-c1ccc(Cl)cc1. The Kier molecular flexibility index (Phi) is 7.13. The zero-order valence-corrected chi connectivity index (χ0v) is 24.4. The summed E-state index contributed by atoms with van der Waals surface area (Å²) in [6.07, 6.45) is -0.917. The van der Waals surface area contributed by atoms with Crippen LogP contribution in [0.4, 0.5) is 5.82 Å². The van der Waals surface area contributed by atoms with Gasteiger partial charge in [-0.3, -0.25) is 4.68 Å². The lowest BCUT2D eigenvalue weighted by atomic mass is 9.91. The first-order valence-corrected chi connectivity index (χ1v) is 13.9. The first kappa shape index (κ1) is 27.1. The van der Waals surface area contributed by atoms with E-state index in [9.17, 15) is 4.79 Å². The number of halogens is 1. The molecule has 0 amide bonds. The molecule has 5 aromatic rings.